The van der Waals surface area contributed by atoms with Gasteiger partial charge in [0.15, 0.2) is 0 Å². The maximum Gasteiger partial charge on any atom is 0.322 e. The Morgan fingerprint density at radius 2 is 2.20 bits per heavy atom. The van der Waals surface area contributed by atoms with Crippen molar-refractivity contribution in [2.75, 3.05) is 25.0 Å². The lowest BCUT2D eigenvalue weighted by Crippen LogP contribution is -2.47. The number of nitrogens with zero attached hydrogens (tertiary/aromatic N) is 3. The highest BCUT2D eigenvalue weighted by Crippen LogP contribution is 2.14. The number of aromatic nitrogens is 2. The van der Waals surface area contributed by atoms with Gasteiger partial charge in [0, 0.05) is 25.8 Å². The van der Waals surface area contributed by atoms with E-state index in [4.69, 9.17) is 4.74 Å². The average Bonchev–Trinajstić information content (AvgIpc) is 3.08. The van der Waals surface area contributed by atoms with Gasteiger partial charge in [0.25, 0.3) is 0 Å². The smallest absolute Gasteiger partial charge is 0.322 e. The third-order valence-electron chi connectivity index (χ3n) is 4.36. The molecule has 0 spiro atoms. The summed E-state index contributed by atoms with van der Waals surface area (Å²) in [6.45, 7) is 4.79. The van der Waals surface area contributed by atoms with Crippen molar-refractivity contribution in [3.8, 4) is 0 Å². The molecule has 1 N–H and O–H groups in total. The number of hydrogen-bond donors (Lipinski definition) is 1. The van der Waals surface area contributed by atoms with Crippen LogP contribution in [-0.4, -0.2) is 46.5 Å². The zero-order chi connectivity index (χ0) is 17.5. The summed E-state index contributed by atoms with van der Waals surface area (Å²) in [5.41, 5.74) is 2.04. The molecule has 25 heavy (non-hydrogen) atoms. The Labute approximate surface area is 148 Å². The molecule has 2 aromatic rings. The molecule has 0 bridgehead atoms. The Bertz CT molecular complexity index is 671. The number of amides is 2. The van der Waals surface area contributed by atoms with E-state index in [0.717, 1.165) is 31.5 Å². The molecule has 2 amide bonds. The SMILES string of the molecule is CCCn1cc(NC(=O)N2CCOC(CCc3ccccc3)C2)cn1. The zero-order valence-electron chi connectivity index (χ0n) is 14.7. The summed E-state index contributed by atoms with van der Waals surface area (Å²) in [6.07, 6.45) is 6.55. The highest BCUT2D eigenvalue weighted by Gasteiger charge is 2.24. The third kappa shape index (κ3) is 5.06. The number of ether oxygens (including phenoxy) is 1. The molecule has 3 rings (SSSR count). The highest BCUT2D eigenvalue weighted by atomic mass is 16.5. The molecular weight excluding hydrogens is 316 g/mol. The number of carbonyl (C=O) groups excluding carboxylic acids is 1. The quantitative estimate of drug-likeness (QED) is 0.877. The summed E-state index contributed by atoms with van der Waals surface area (Å²) in [4.78, 5) is 14.3. The minimum atomic E-state index is -0.0796. The van der Waals surface area contributed by atoms with Gasteiger partial charge in [-0.25, -0.2) is 4.79 Å². The van der Waals surface area contributed by atoms with Crippen LogP contribution >= 0.6 is 0 Å². The van der Waals surface area contributed by atoms with E-state index in [9.17, 15) is 4.79 Å². The number of morpholine rings is 1. The van der Waals surface area contributed by atoms with E-state index in [0.29, 0.717) is 19.7 Å². The lowest BCUT2D eigenvalue weighted by Gasteiger charge is -2.33. The Hall–Kier alpha value is -2.34. The summed E-state index contributed by atoms with van der Waals surface area (Å²) in [6, 6.07) is 10.3. The number of nitrogens with one attached hydrogen (secondary N) is 1. The molecule has 1 fully saturated rings. The predicted molar refractivity (Wildman–Crippen MR) is 97.6 cm³/mol. The number of urea groups is 1. The lowest BCUT2D eigenvalue weighted by atomic mass is 10.1. The van der Waals surface area contributed by atoms with E-state index >= 15 is 0 Å². The topological polar surface area (TPSA) is 59.4 Å². The first-order valence-electron chi connectivity index (χ1n) is 8.98. The Morgan fingerprint density at radius 3 is 3.00 bits per heavy atom. The number of carbonyl (C=O) groups is 1. The van der Waals surface area contributed by atoms with Gasteiger partial charge < -0.3 is 15.0 Å². The predicted octanol–water partition coefficient (Wildman–Crippen LogP) is 3.16. The van der Waals surface area contributed by atoms with E-state index in [1.54, 1.807) is 6.20 Å². The molecule has 2 heterocycles. The number of aryl methyl sites for hydroxylation is 2. The van der Waals surface area contributed by atoms with Gasteiger partial charge in [0.05, 0.1) is 24.6 Å². The minimum Gasteiger partial charge on any atom is -0.375 e. The van der Waals surface area contributed by atoms with Crippen molar-refractivity contribution < 1.29 is 9.53 Å². The summed E-state index contributed by atoms with van der Waals surface area (Å²) in [5, 5.41) is 7.17. The largest absolute Gasteiger partial charge is 0.375 e. The van der Waals surface area contributed by atoms with E-state index in [1.807, 2.05) is 21.8 Å². The monoisotopic (exact) mass is 342 g/mol. The van der Waals surface area contributed by atoms with Crippen LogP contribution in [0.1, 0.15) is 25.3 Å². The minimum absolute atomic E-state index is 0.0796. The van der Waals surface area contributed by atoms with E-state index < -0.39 is 0 Å². The normalized spacial score (nSPS) is 17.5. The van der Waals surface area contributed by atoms with Crippen molar-refractivity contribution in [1.82, 2.24) is 14.7 Å². The van der Waals surface area contributed by atoms with Crippen molar-refractivity contribution in [3.05, 3.63) is 48.3 Å². The number of hydrogen-bond acceptors (Lipinski definition) is 3. The maximum absolute atomic E-state index is 12.5. The fourth-order valence-corrected chi connectivity index (χ4v) is 3.03. The van der Waals surface area contributed by atoms with Crippen LogP contribution < -0.4 is 5.32 Å². The second-order valence-electron chi connectivity index (χ2n) is 6.39. The van der Waals surface area contributed by atoms with Crippen LogP contribution in [0.3, 0.4) is 0 Å². The van der Waals surface area contributed by atoms with Gasteiger partial charge in [0.2, 0.25) is 0 Å². The van der Waals surface area contributed by atoms with Gasteiger partial charge in [0.1, 0.15) is 0 Å². The van der Waals surface area contributed by atoms with Crippen LogP contribution in [0.5, 0.6) is 0 Å². The van der Waals surface area contributed by atoms with Crippen molar-refractivity contribution >= 4 is 11.7 Å². The van der Waals surface area contributed by atoms with Gasteiger partial charge in [-0.05, 0) is 24.8 Å². The van der Waals surface area contributed by atoms with Crippen LogP contribution in [0.2, 0.25) is 0 Å². The summed E-state index contributed by atoms with van der Waals surface area (Å²) >= 11 is 0. The molecule has 1 aromatic heterocycles. The number of rotatable bonds is 6. The first-order chi connectivity index (χ1) is 12.2. The molecule has 0 aliphatic carbocycles. The van der Waals surface area contributed by atoms with Gasteiger partial charge >= 0.3 is 6.03 Å². The molecule has 0 saturated carbocycles. The standard InChI is InChI=1S/C19H26N4O2/c1-2-10-23-14-17(13-20-23)21-19(24)22-11-12-25-18(15-22)9-8-16-6-4-3-5-7-16/h3-7,13-14,18H,2,8-12,15H2,1H3,(H,21,24). The second kappa shape index (κ2) is 8.67. The highest BCUT2D eigenvalue weighted by molar-refractivity contribution is 5.89. The van der Waals surface area contributed by atoms with E-state index in [-0.39, 0.29) is 12.1 Å². The molecule has 6 nitrogen and oxygen atoms in total. The summed E-state index contributed by atoms with van der Waals surface area (Å²) in [5.74, 6) is 0. The average molecular weight is 342 g/mol. The molecule has 1 saturated heterocycles. The molecular formula is C19H26N4O2. The maximum atomic E-state index is 12.5. The van der Waals surface area contributed by atoms with Crippen LogP contribution in [0, 0.1) is 0 Å². The lowest BCUT2D eigenvalue weighted by molar-refractivity contribution is -0.0157. The Kier molecular flexibility index (Phi) is 6.06. The zero-order valence-corrected chi connectivity index (χ0v) is 14.7. The van der Waals surface area contributed by atoms with E-state index in [1.165, 1.54) is 5.56 Å². The van der Waals surface area contributed by atoms with Crippen LogP contribution in [0.4, 0.5) is 10.5 Å². The first-order valence-corrected chi connectivity index (χ1v) is 8.98. The van der Waals surface area contributed by atoms with Crippen molar-refractivity contribution in [2.24, 2.45) is 0 Å². The first kappa shape index (κ1) is 17.5. The fourth-order valence-electron chi connectivity index (χ4n) is 3.03. The fraction of sp³-hybridized carbons (Fsp3) is 0.474. The summed E-state index contributed by atoms with van der Waals surface area (Å²) < 4.78 is 7.67. The molecule has 1 aromatic carbocycles. The molecule has 6 heteroatoms. The third-order valence-corrected chi connectivity index (χ3v) is 4.36. The molecule has 1 aliphatic rings. The molecule has 0 radical (unpaired) electrons. The van der Waals surface area contributed by atoms with Gasteiger partial charge in [-0.3, -0.25) is 4.68 Å². The van der Waals surface area contributed by atoms with Gasteiger partial charge in [-0.2, -0.15) is 5.10 Å². The van der Waals surface area contributed by atoms with Gasteiger partial charge in [-0.15, -0.1) is 0 Å². The van der Waals surface area contributed by atoms with Crippen molar-refractivity contribution in [2.45, 2.75) is 38.8 Å². The van der Waals surface area contributed by atoms with Crippen molar-refractivity contribution in [1.29, 1.82) is 0 Å². The van der Waals surface area contributed by atoms with Gasteiger partial charge in [-0.1, -0.05) is 37.3 Å². The molecule has 1 unspecified atom stereocenters. The molecule has 134 valence electrons. The second-order valence-corrected chi connectivity index (χ2v) is 6.39. The summed E-state index contributed by atoms with van der Waals surface area (Å²) in [7, 11) is 0. The number of benzene rings is 1. The van der Waals surface area contributed by atoms with Crippen molar-refractivity contribution in [3.63, 3.8) is 0 Å². The van der Waals surface area contributed by atoms with Crippen LogP contribution in [0.25, 0.3) is 0 Å². The van der Waals surface area contributed by atoms with Crippen LogP contribution in [-0.2, 0) is 17.7 Å². The Balaban J connectivity index is 1.49. The van der Waals surface area contributed by atoms with Crippen LogP contribution in [0.15, 0.2) is 42.7 Å². The van der Waals surface area contributed by atoms with E-state index in [2.05, 4.69) is 41.6 Å². The molecule has 1 aliphatic heterocycles. The molecule has 1 atom stereocenters. The number of anilines is 1. The Morgan fingerprint density at radius 1 is 1.36 bits per heavy atom.